The molecule has 1 heterocycles. The molecule has 1 saturated heterocycles. The summed E-state index contributed by atoms with van der Waals surface area (Å²) in [5, 5.41) is 14.8. The number of primary amides is 1. The first-order valence-electron chi connectivity index (χ1n) is 11.6. The Morgan fingerprint density at radius 1 is 1.11 bits per heavy atom. The van der Waals surface area contributed by atoms with Gasteiger partial charge in [-0.25, -0.2) is 8.78 Å². The van der Waals surface area contributed by atoms with Gasteiger partial charge in [0, 0.05) is 55.4 Å². The third-order valence-electron chi connectivity index (χ3n) is 6.12. The van der Waals surface area contributed by atoms with E-state index < -0.39 is 55.2 Å². The number of rotatable bonds is 10. The fourth-order valence-corrected chi connectivity index (χ4v) is 4.18. The van der Waals surface area contributed by atoms with E-state index in [2.05, 4.69) is 10.6 Å². The van der Waals surface area contributed by atoms with Crippen LogP contribution in [0.15, 0.2) is 30.3 Å². The lowest BCUT2D eigenvalue weighted by Crippen LogP contribution is -2.47. The van der Waals surface area contributed by atoms with Gasteiger partial charge in [-0.05, 0) is 30.3 Å². The van der Waals surface area contributed by atoms with Gasteiger partial charge in [0.25, 0.3) is 5.91 Å². The molecule has 1 fully saturated rings. The van der Waals surface area contributed by atoms with Crippen LogP contribution in [0.25, 0.3) is 0 Å². The summed E-state index contributed by atoms with van der Waals surface area (Å²) in [5.41, 5.74) is 5.36. The van der Waals surface area contributed by atoms with Gasteiger partial charge in [-0.3, -0.25) is 19.8 Å². The van der Waals surface area contributed by atoms with Gasteiger partial charge in [0.05, 0.1) is 24.4 Å². The Hall–Kier alpha value is -3.00. The van der Waals surface area contributed by atoms with Crippen molar-refractivity contribution in [3.63, 3.8) is 0 Å². The van der Waals surface area contributed by atoms with Crippen molar-refractivity contribution in [2.45, 2.75) is 25.2 Å². The van der Waals surface area contributed by atoms with Crippen LogP contribution in [0.2, 0.25) is 5.02 Å². The van der Waals surface area contributed by atoms with E-state index in [4.69, 9.17) is 17.3 Å². The maximum absolute atomic E-state index is 14.6. The predicted molar refractivity (Wildman–Crippen MR) is 132 cm³/mol. The number of aliphatic hydroxyl groups is 1. The van der Waals surface area contributed by atoms with Gasteiger partial charge < -0.3 is 21.1 Å². The summed E-state index contributed by atoms with van der Waals surface area (Å²) in [7, 11) is 0. The predicted octanol–water partition coefficient (Wildman–Crippen LogP) is 2.88. The number of alkyl halides is 3. The third-order valence-corrected chi connectivity index (χ3v) is 6.36. The van der Waals surface area contributed by atoms with E-state index in [1.54, 1.807) is 11.0 Å². The Bertz CT molecular complexity index is 1160. The van der Waals surface area contributed by atoms with Crippen LogP contribution in [0.3, 0.4) is 0 Å². The molecule has 1 atom stereocenters. The number of hydrogen-bond donors (Lipinski definition) is 4. The van der Waals surface area contributed by atoms with Crippen molar-refractivity contribution in [2.75, 3.05) is 49.5 Å². The highest BCUT2D eigenvalue weighted by molar-refractivity contribution is 6.31. The molecule has 2 aromatic carbocycles. The van der Waals surface area contributed by atoms with Gasteiger partial charge in [0.15, 0.2) is 11.6 Å². The highest BCUT2D eigenvalue weighted by Gasteiger charge is 2.29. The van der Waals surface area contributed by atoms with Gasteiger partial charge in [-0.15, -0.1) is 0 Å². The van der Waals surface area contributed by atoms with E-state index >= 15 is 0 Å². The number of carbonyl (C=O) groups is 2. The number of amides is 2. The molecule has 3 rings (SSSR count). The van der Waals surface area contributed by atoms with Crippen LogP contribution in [-0.2, 0) is 11.3 Å². The van der Waals surface area contributed by atoms with Crippen LogP contribution >= 0.6 is 11.6 Å². The molecule has 5 N–H and O–H groups in total. The van der Waals surface area contributed by atoms with Crippen molar-refractivity contribution in [1.82, 2.24) is 10.2 Å². The summed E-state index contributed by atoms with van der Waals surface area (Å²) in [6.45, 7) is 0.186. The van der Waals surface area contributed by atoms with E-state index in [0.717, 1.165) is 12.1 Å². The fraction of sp³-hybridized carbons (Fsp3) is 0.417. The van der Waals surface area contributed by atoms with Gasteiger partial charge in [0.2, 0.25) is 5.91 Å². The summed E-state index contributed by atoms with van der Waals surface area (Å²) < 4.78 is 66.3. The van der Waals surface area contributed by atoms with Gasteiger partial charge in [0.1, 0.15) is 6.04 Å². The van der Waals surface area contributed by atoms with Gasteiger partial charge >= 0.3 is 6.18 Å². The van der Waals surface area contributed by atoms with E-state index in [9.17, 15) is 36.6 Å². The highest BCUT2D eigenvalue weighted by Crippen LogP contribution is 2.31. The number of aliphatic hydroxyl groups excluding tert-OH is 1. The lowest BCUT2D eigenvalue weighted by molar-refractivity contribution is -0.138. The van der Waals surface area contributed by atoms with Crippen LogP contribution in [0.5, 0.6) is 0 Å². The molecule has 208 valence electrons. The molecule has 2 aromatic rings. The van der Waals surface area contributed by atoms with E-state index in [0.29, 0.717) is 42.6 Å². The Morgan fingerprint density at radius 3 is 2.39 bits per heavy atom. The summed E-state index contributed by atoms with van der Waals surface area (Å²) in [5.74, 6) is -4.22. The molecule has 8 nitrogen and oxygen atoms in total. The van der Waals surface area contributed by atoms with E-state index in [-0.39, 0.29) is 17.7 Å². The van der Waals surface area contributed by atoms with E-state index in [1.165, 1.54) is 12.1 Å². The van der Waals surface area contributed by atoms with Crippen LogP contribution in [0.4, 0.5) is 33.3 Å². The second-order valence-electron chi connectivity index (χ2n) is 8.72. The normalized spacial score (nSPS) is 15.4. The molecule has 1 aliphatic heterocycles. The third kappa shape index (κ3) is 7.76. The second-order valence-corrected chi connectivity index (χ2v) is 9.15. The standard InChI is InChI=1S/C24H27ClF5N5O3/c25-14-1-4-18(20(11-14)35-9-7-34(8-10-35)6-5-24(28,29)30)33-23(38)15-2-3-17(26)21(27)16(15)12-32-19(13-36)22(31)37/h1-4,11,19,32,36H,5-10,12-13H2,(H2,31,37)(H,33,38). The zero-order valence-corrected chi connectivity index (χ0v) is 20.9. The number of anilines is 2. The van der Waals surface area contributed by atoms with Gasteiger partial charge in [-0.1, -0.05) is 11.6 Å². The monoisotopic (exact) mass is 563 g/mol. The number of hydrogen-bond acceptors (Lipinski definition) is 6. The molecule has 0 bridgehead atoms. The second kappa shape index (κ2) is 12.7. The number of carbonyl (C=O) groups excluding carboxylic acids is 2. The molecular weight excluding hydrogens is 537 g/mol. The Morgan fingerprint density at radius 2 is 1.79 bits per heavy atom. The number of nitrogens with one attached hydrogen (secondary N) is 2. The van der Waals surface area contributed by atoms with E-state index in [1.807, 2.05) is 4.90 Å². The van der Waals surface area contributed by atoms with Crippen molar-refractivity contribution in [3.05, 3.63) is 58.1 Å². The molecule has 2 amide bonds. The van der Waals surface area contributed by atoms with Crippen LogP contribution in [0, 0.1) is 11.6 Å². The first-order valence-corrected chi connectivity index (χ1v) is 12.0. The average Bonchev–Trinajstić information content (AvgIpc) is 2.86. The molecular formula is C24H27ClF5N5O3. The van der Waals surface area contributed by atoms with Gasteiger partial charge in [-0.2, -0.15) is 13.2 Å². The molecule has 38 heavy (non-hydrogen) atoms. The largest absolute Gasteiger partial charge is 0.394 e. The zero-order valence-electron chi connectivity index (χ0n) is 20.1. The lowest BCUT2D eigenvalue weighted by atomic mass is 10.0. The van der Waals surface area contributed by atoms with Crippen LogP contribution in [-0.4, -0.2) is 73.4 Å². The molecule has 0 saturated carbocycles. The minimum absolute atomic E-state index is 0.115. The average molecular weight is 564 g/mol. The number of nitrogens with two attached hydrogens (primary N) is 1. The molecule has 0 aliphatic carbocycles. The number of piperazine rings is 1. The molecule has 0 spiro atoms. The minimum Gasteiger partial charge on any atom is -0.394 e. The molecule has 0 radical (unpaired) electrons. The molecule has 0 aromatic heterocycles. The van der Waals surface area contributed by atoms with Crippen molar-refractivity contribution < 1.29 is 36.6 Å². The van der Waals surface area contributed by atoms with Crippen LogP contribution in [0.1, 0.15) is 22.3 Å². The smallest absolute Gasteiger partial charge is 0.390 e. The lowest BCUT2D eigenvalue weighted by Gasteiger charge is -2.37. The van der Waals surface area contributed by atoms with Crippen LogP contribution < -0.4 is 21.3 Å². The number of benzene rings is 2. The molecule has 1 unspecified atom stereocenters. The minimum atomic E-state index is -4.24. The summed E-state index contributed by atoms with van der Waals surface area (Å²) in [4.78, 5) is 28.1. The summed E-state index contributed by atoms with van der Waals surface area (Å²) in [6.07, 6.45) is -5.15. The number of halogens is 6. The Balaban J connectivity index is 1.78. The van der Waals surface area contributed by atoms with Crippen molar-refractivity contribution in [1.29, 1.82) is 0 Å². The highest BCUT2D eigenvalue weighted by atomic mass is 35.5. The Kier molecular flexibility index (Phi) is 9.88. The molecule has 14 heteroatoms. The van der Waals surface area contributed by atoms with Crippen molar-refractivity contribution >= 4 is 34.8 Å². The summed E-state index contributed by atoms with van der Waals surface area (Å²) in [6, 6.07) is 5.26. The Labute approximate surface area is 220 Å². The quantitative estimate of drug-likeness (QED) is 0.331. The maximum Gasteiger partial charge on any atom is 0.390 e. The topological polar surface area (TPSA) is 111 Å². The number of nitrogens with zero attached hydrogens (tertiary/aromatic N) is 2. The maximum atomic E-state index is 14.6. The molecule has 1 aliphatic rings. The first-order chi connectivity index (χ1) is 17.9. The zero-order chi connectivity index (χ0) is 28.0. The first kappa shape index (κ1) is 29.6. The SMILES string of the molecule is NC(=O)C(CO)NCc1c(C(=O)Nc2ccc(Cl)cc2N2CCN(CCC(F)(F)F)CC2)ccc(F)c1F. The fourth-order valence-electron chi connectivity index (χ4n) is 4.02. The van der Waals surface area contributed by atoms with Crippen molar-refractivity contribution in [3.8, 4) is 0 Å². The van der Waals surface area contributed by atoms with Crippen molar-refractivity contribution in [2.24, 2.45) is 5.73 Å². The summed E-state index contributed by atoms with van der Waals surface area (Å²) >= 11 is 6.16.